The molecular formula is C12H12BrN3O. The average molecular weight is 294 g/mol. The molecule has 0 atom stereocenters. The van der Waals surface area contributed by atoms with Crippen LogP contribution in [0.25, 0.3) is 0 Å². The first-order valence-electron chi connectivity index (χ1n) is 5.25. The highest BCUT2D eigenvalue weighted by molar-refractivity contribution is 9.10. The molecule has 0 aliphatic carbocycles. The molecule has 0 bridgehead atoms. The lowest BCUT2D eigenvalue weighted by Crippen LogP contribution is -2.12. The van der Waals surface area contributed by atoms with Crippen molar-refractivity contribution in [2.45, 2.75) is 13.5 Å². The fourth-order valence-electron chi connectivity index (χ4n) is 1.66. The molecule has 0 unspecified atom stereocenters. The minimum absolute atomic E-state index is 0.116. The number of hydrogen-bond donors (Lipinski definition) is 1. The normalized spacial score (nSPS) is 10.5. The minimum atomic E-state index is -0.116. The fraction of sp³-hybridized carbons (Fsp3) is 0.167. The maximum atomic E-state index is 12.4. The Hall–Kier alpha value is -1.62. The molecule has 2 N–H and O–H groups in total. The fourth-order valence-corrected chi connectivity index (χ4v) is 2.14. The predicted molar refractivity (Wildman–Crippen MR) is 69.9 cm³/mol. The summed E-state index contributed by atoms with van der Waals surface area (Å²) in [4.78, 5) is 12.4. The topological polar surface area (TPSA) is 60.9 Å². The molecule has 17 heavy (non-hydrogen) atoms. The van der Waals surface area contributed by atoms with Crippen molar-refractivity contribution in [3.8, 4) is 0 Å². The number of hydrogen-bond acceptors (Lipinski definition) is 3. The van der Waals surface area contributed by atoms with E-state index in [1.165, 1.54) is 0 Å². The summed E-state index contributed by atoms with van der Waals surface area (Å²) < 4.78 is 2.34. The van der Waals surface area contributed by atoms with Crippen molar-refractivity contribution >= 4 is 27.4 Å². The maximum absolute atomic E-state index is 12.4. The number of rotatable bonds is 3. The van der Waals surface area contributed by atoms with Crippen molar-refractivity contribution in [1.82, 2.24) is 9.78 Å². The number of nitrogens with zero attached hydrogens (tertiary/aromatic N) is 2. The van der Waals surface area contributed by atoms with Gasteiger partial charge in [-0.05, 0) is 35.0 Å². The summed E-state index contributed by atoms with van der Waals surface area (Å²) in [7, 11) is 0. The van der Waals surface area contributed by atoms with E-state index >= 15 is 0 Å². The van der Waals surface area contributed by atoms with Crippen LogP contribution in [-0.4, -0.2) is 15.6 Å². The summed E-state index contributed by atoms with van der Waals surface area (Å²) in [5, 5.41) is 4.12. The van der Waals surface area contributed by atoms with Gasteiger partial charge in [0.2, 0.25) is 5.78 Å². The highest BCUT2D eigenvalue weighted by atomic mass is 79.9. The number of ketones is 1. The number of benzene rings is 1. The molecule has 0 fully saturated rings. The predicted octanol–water partition coefficient (Wildman–Crippen LogP) is 2.48. The standard InChI is InChI=1S/C12H12BrN3O/c1-2-16-11(9(13)7-15-16)12(17)8-5-3-4-6-10(8)14/h3-7H,2,14H2,1H3. The molecule has 0 amide bonds. The minimum Gasteiger partial charge on any atom is -0.398 e. The number of nitrogens with two attached hydrogens (primary N) is 1. The van der Waals surface area contributed by atoms with Crippen LogP contribution >= 0.6 is 15.9 Å². The smallest absolute Gasteiger partial charge is 0.214 e. The lowest BCUT2D eigenvalue weighted by molar-refractivity contribution is 0.102. The van der Waals surface area contributed by atoms with Gasteiger partial charge in [-0.15, -0.1) is 0 Å². The monoisotopic (exact) mass is 293 g/mol. The largest absolute Gasteiger partial charge is 0.398 e. The third kappa shape index (κ3) is 2.10. The average Bonchev–Trinajstić information content (AvgIpc) is 2.70. The van der Waals surface area contributed by atoms with E-state index in [1.807, 2.05) is 6.92 Å². The van der Waals surface area contributed by atoms with Gasteiger partial charge in [-0.2, -0.15) is 5.10 Å². The Kier molecular flexibility index (Phi) is 3.28. The van der Waals surface area contributed by atoms with Gasteiger partial charge in [0.05, 0.1) is 10.7 Å². The zero-order chi connectivity index (χ0) is 12.4. The van der Waals surface area contributed by atoms with Gasteiger partial charge >= 0.3 is 0 Å². The first-order chi connectivity index (χ1) is 8.15. The SMILES string of the molecule is CCn1ncc(Br)c1C(=O)c1ccccc1N. The number of aryl methyl sites for hydroxylation is 1. The van der Waals surface area contributed by atoms with Crippen LogP contribution in [0.1, 0.15) is 23.0 Å². The molecule has 0 saturated carbocycles. The Morgan fingerprint density at radius 3 is 2.82 bits per heavy atom. The summed E-state index contributed by atoms with van der Waals surface area (Å²) in [6.07, 6.45) is 1.62. The molecule has 1 heterocycles. The molecule has 2 rings (SSSR count). The Balaban J connectivity index is 2.51. The number of halogens is 1. The number of aromatic nitrogens is 2. The maximum Gasteiger partial charge on any atom is 0.214 e. The van der Waals surface area contributed by atoms with E-state index in [9.17, 15) is 4.79 Å². The van der Waals surface area contributed by atoms with E-state index in [2.05, 4.69) is 21.0 Å². The van der Waals surface area contributed by atoms with Gasteiger partial charge in [0, 0.05) is 17.8 Å². The van der Waals surface area contributed by atoms with E-state index in [0.717, 1.165) is 0 Å². The van der Waals surface area contributed by atoms with E-state index in [0.29, 0.717) is 28.0 Å². The van der Waals surface area contributed by atoms with Crippen LogP contribution in [0, 0.1) is 0 Å². The van der Waals surface area contributed by atoms with Crippen LogP contribution < -0.4 is 5.73 Å². The number of anilines is 1. The van der Waals surface area contributed by atoms with Crippen molar-refractivity contribution in [2.24, 2.45) is 0 Å². The van der Waals surface area contributed by atoms with E-state index in [-0.39, 0.29) is 5.78 Å². The van der Waals surface area contributed by atoms with Crippen molar-refractivity contribution in [3.05, 3.63) is 46.2 Å². The molecule has 0 aliphatic heterocycles. The Morgan fingerprint density at radius 1 is 1.47 bits per heavy atom. The molecule has 2 aromatic rings. The molecule has 1 aromatic carbocycles. The zero-order valence-corrected chi connectivity index (χ0v) is 10.9. The molecule has 5 heteroatoms. The Labute approximate surface area is 108 Å². The Morgan fingerprint density at radius 2 is 2.18 bits per heavy atom. The van der Waals surface area contributed by atoms with Gasteiger partial charge in [-0.1, -0.05) is 12.1 Å². The van der Waals surface area contributed by atoms with Crippen LogP contribution in [0.3, 0.4) is 0 Å². The van der Waals surface area contributed by atoms with Crippen molar-refractivity contribution < 1.29 is 4.79 Å². The Bertz CT molecular complexity index is 563. The third-order valence-electron chi connectivity index (χ3n) is 2.51. The third-order valence-corrected chi connectivity index (χ3v) is 3.10. The lowest BCUT2D eigenvalue weighted by atomic mass is 10.1. The summed E-state index contributed by atoms with van der Waals surface area (Å²) >= 11 is 3.34. The quantitative estimate of drug-likeness (QED) is 0.699. The number of nitrogen functional groups attached to an aromatic ring is 1. The van der Waals surface area contributed by atoms with Gasteiger partial charge in [0.1, 0.15) is 5.69 Å². The second-order valence-corrected chi connectivity index (χ2v) is 4.43. The van der Waals surface area contributed by atoms with Crippen LogP contribution in [0.2, 0.25) is 0 Å². The molecule has 1 aromatic heterocycles. The van der Waals surface area contributed by atoms with Gasteiger partial charge in [0.15, 0.2) is 0 Å². The van der Waals surface area contributed by atoms with Crippen molar-refractivity contribution in [2.75, 3.05) is 5.73 Å². The molecule has 0 aliphatic rings. The molecule has 4 nitrogen and oxygen atoms in total. The number of carbonyl (C=O) groups excluding carboxylic acids is 1. The molecule has 88 valence electrons. The van der Waals surface area contributed by atoms with Crippen LogP contribution in [0.4, 0.5) is 5.69 Å². The molecular weight excluding hydrogens is 282 g/mol. The molecule has 0 saturated heterocycles. The first-order valence-corrected chi connectivity index (χ1v) is 6.05. The van der Waals surface area contributed by atoms with Crippen LogP contribution in [0.5, 0.6) is 0 Å². The lowest BCUT2D eigenvalue weighted by Gasteiger charge is -2.06. The van der Waals surface area contributed by atoms with E-state index in [4.69, 9.17) is 5.73 Å². The highest BCUT2D eigenvalue weighted by Crippen LogP contribution is 2.22. The molecule has 0 radical (unpaired) electrons. The summed E-state index contributed by atoms with van der Waals surface area (Å²) in [6, 6.07) is 7.04. The van der Waals surface area contributed by atoms with Gasteiger partial charge in [0.25, 0.3) is 0 Å². The summed E-state index contributed by atoms with van der Waals surface area (Å²) in [6.45, 7) is 2.57. The second-order valence-electron chi connectivity index (χ2n) is 3.57. The molecule has 0 spiro atoms. The second kappa shape index (κ2) is 4.71. The van der Waals surface area contributed by atoms with Crippen molar-refractivity contribution in [1.29, 1.82) is 0 Å². The van der Waals surface area contributed by atoms with Crippen molar-refractivity contribution in [3.63, 3.8) is 0 Å². The number of carbonyl (C=O) groups is 1. The van der Waals surface area contributed by atoms with Gasteiger partial charge in [-0.3, -0.25) is 9.48 Å². The van der Waals surface area contributed by atoms with Crippen LogP contribution in [0.15, 0.2) is 34.9 Å². The van der Waals surface area contributed by atoms with Crippen LogP contribution in [-0.2, 0) is 6.54 Å². The van der Waals surface area contributed by atoms with Gasteiger partial charge < -0.3 is 5.73 Å². The van der Waals surface area contributed by atoms with Gasteiger partial charge in [-0.25, -0.2) is 0 Å². The highest BCUT2D eigenvalue weighted by Gasteiger charge is 2.19. The summed E-state index contributed by atoms with van der Waals surface area (Å²) in [5.41, 5.74) is 7.32. The summed E-state index contributed by atoms with van der Waals surface area (Å²) in [5.74, 6) is -0.116. The zero-order valence-electron chi connectivity index (χ0n) is 9.35. The van der Waals surface area contributed by atoms with E-state index < -0.39 is 0 Å². The number of para-hydroxylation sites is 1. The van der Waals surface area contributed by atoms with E-state index in [1.54, 1.807) is 35.1 Å². The first kappa shape index (κ1) is 11.9.